The number of anilines is 1. The molecule has 2 aromatic heterocycles. The summed E-state index contributed by atoms with van der Waals surface area (Å²) in [5.41, 5.74) is 2.59. The molecule has 7 nitrogen and oxygen atoms in total. The summed E-state index contributed by atoms with van der Waals surface area (Å²) in [6.07, 6.45) is 3.57. The molecule has 0 aliphatic carbocycles. The minimum absolute atomic E-state index is 0.233. The molecule has 0 saturated carbocycles. The van der Waals surface area contributed by atoms with E-state index in [1.54, 1.807) is 18.3 Å². The number of aromatic nitrogens is 3. The van der Waals surface area contributed by atoms with E-state index in [2.05, 4.69) is 19.0 Å². The molecule has 1 aliphatic rings. The Kier molecular flexibility index (Phi) is 5.03. The maximum absolute atomic E-state index is 12.6. The minimum atomic E-state index is -0.233. The highest BCUT2D eigenvalue weighted by molar-refractivity contribution is 7.00. The Labute approximate surface area is 154 Å². The number of carbonyl (C=O) groups is 1. The van der Waals surface area contributed by atoms with Gasteiger partial charge in [-0.25, -0.2) is 4.98 Å². The molecule has 1 amide bonds. The maximum Gasteiger partial charge on any atom is 0.255 e. The Balaban J connectivity index is 1.43. The van der Waals surface area contributed by atoms with Crippen LogP contribution in [0.4, 0.5) is 5.69 Å². The first-order valence-electron chi connectivity index (χ1n) is 8.49. The number of benzene rings is 1. The summed E-state index contributed by atoms with van der Waals surface area (Å²) in [6, 6.07) is 8.84. The minimum Gasteiger partial charge on any atom is -0.477 e. The average molecular weight is 370 g/mol. The molecule has 3 heterocycles. The Hall–Kier alpha value is -2.58. The van der Waals surface area contributed by atoms with Crippen LogP contribution in [0.1, 0.15) is 23.2 Å². The fraction of sp³-hybridized carbons (Fsp3) is 0.333. The molecule has 1 fully saturated rings. The second-order valence-electron chi connectivity index (χ2n) is 6.14. The van der Waals surface area contributed by atoms with E-state index in [0.717, 1.165) is 43.3 Å². The number of nitrogens with one attached hydrogen (secondary N) is 1. The smallest absolute Gasteiger partial charge is 0.255 e. The lowest BCUT2D eigenvalue weighted by Gasteiger charge is -2.21. The number of carbonyl (C=O) groups excluding carboxylic acids is 1. The Bertz CT molecular complexity index is 908. The number of ether oxygens (including phenoxy) is 2. The van der Waals surface area contributed by atoms with Gasteiger partial charge in [-0.2, -0.15) is 8.75 Å². The van der Waals surface area contributed by atoms with Crippen LogP contribution in [0, 0.1) is 5.92 Å². The molecule has 134 valence electrons. The van der Waals surface area contributed by atoms with Crippen molar-refractivity contribution in [3.8, 4) is 5.88 Å². The first-order valence-corrected chi connectivity index (χ1v) is 9.22. The van der Waals surface area contributed by atoms with Gasteiger partial charge in [0.2, 0.25) is 5.88 Å². The van der Waals surface area contributed by atoms with E-state index >= 15 is 0 Å². The van der Waals surface area contributed by atoms with Gasteiger partial charge in [0.1, 0.15) is 11.0 Å². The quantitative estimate of drug-likeness (QED) is 0.742. The summed E-state index contributed by atoms with van der Waals surface area (Å²) in [4.78, 5) is 16.8. The van der Waals surface area contributed by atoms with Crippen molar-refractivity contribution in [1.82, 2.24) is 13.7 Å². The summed E-state index contributed by atoms with van der Waals surface area (Å²) >= 11 is 1.12. The van der Waals surface area contributed by atoms with Gasteiger partial charge in [0, 0.05) is 31.0 Å². The van der Waals surface area contributed by atoms with Gasteiger partial charge in [-0.3, -0.25) is 4.79 Å². The molecule has 1 N–H and O–H groups in total. The average Bonchev–Trinajstić information content (AvgIpc) is 3.17. The standard InChI is InChI=1S/C18H18N4O3S/c23-18(20-14-2-1-3-15-17(14)22-26-21-15)13-4-7-19-16(10-13)25-11-12-5-8-24-9-6-12/h1-4,7,10,12H,5-6,8-9,11H2,(H,20,23). The number of fused-ring (bicyclic) bond motifs is 1. The molecule has 0 radical (unpaired) electrons. The van der Waals surface area contributed by atoms with Crippen LogP contribution in [0.2, 0.25) is 0 Å². The monoisotopic (exact) mass is 370 g/mol. The van der Waals surface area contributed by atoms with Crippen LogP contribution in [-0.2, 0) is 4.74 Å². The number of amides is 1. The molecule has 0 unspecified atom stereocenters. The summed E-state index contributed by atoms with van der Waals surface area (Å²) in [5, 5.41) is 2.89. The number of hydrogen-bond donors (Lipinski definition) is 1. The van der Waals surface area contributed by atoms with Crippen molar-refractivity contribution in [2.75, 3.05) is 25.1 Å². The van der Waals surface area contributed by atoms with E-state index in [0.29, 0.717) is 35.2 Å². The van der Waals surface area contributed by atoms with Crippen LogP contribution in [0.5, 0.6) is 5.88 Å². The van der Waals surface area contributed by atoms with E-state index in [1.165, 1.54) is 0 Å². The Morgan fingerprint density at radius 3 is 3.04 bits per heavy atom. The van der Waals surface area contributed by atoms with E-state index in [9.17, 15) is 4.79 Å². The van der Waals surface area contributed by atoms with Gasteiger partial charge in [-0.05, 0) is 37.0 Å². The predicted octanol–water partition coefficient (Wildman–Crippen LogP) is 3.14. The largest absolute Gasteiger partial charge is 0.477 e. The van der Waals surface area contributed by atoms with E-state index in [4.69, 9.17) is 9.47 Å². The van der Waals surface area contributed by atoms with Gasteiger partial charge in [-0.15, -0.1) is 0 Å². The fourth-order valence-electron chi connectivity index (χ4n) is 2.85. The lowest BCUT2D eigenvalue weighted by atomic mass is 10.0. The normalized spacial score (nSPS) is 15.1. The molecule has 0 bridgehead atoms. The molecule has 4 rings (SSSR count). The number of nitrogens with zero attached hydrogens (tertiary/aromatic N) is 3. The van der Waals surface area contributed by atoms with Crippen LogP contribution in [0.3, 0.4) is 0 Å². The topological polar surface area (TPSA) is 86.2 Å². The van der Waals surface area contributed by atoms with Gasteiger partial charge in [0.25, 0.3) is 5.91 Å². The third kappa shape index (κ3) is 3.81. The van der Waals surface area contributed by atoms with Gasteiger partial charge >= 0.3 is 0 Å². The summed E-state index contributed by atoms with van der Waals surface area (Å²) in [6.45, 7) is 2.15. The molecular formula is C18H18N4O3S. The fourth-order valence-corrected chi connectivity index (χ4v) is 3.40. The highest BCUT2D eigenvalue weighted by atomic mass is 32.1. The second-order valence-corrected chi connectivity index (χ2v) is 6.67. The van der Waals surface area contributed by atoms with Crippen molar-refractivity contribution in [2.45, 2.75) is 12.8 Å². The van der Waals surface area contributed by atoms with E-state index in [-0.39, 0.29) is 5.91 Å². The van der Waals surface area contributed by atoms with E-state index in [1.807, 2.05) is 18.2 Å². The van der Waals surface area contributed by atoms with Gasteiger partial charge in [0.05, 0.1) is 24.0 Å². The molecule has 1 aliphatic heterocycles. The van der Waals surface area contributed by atoms with Crippen molar-refractivity contribution >= 4 is 34.4 Å². The van der Waals surface area contributed by atoms with Crippen LogP contribution in [-0.4, -0.2) is 39.5 Å². The second kappa shape index (κ2) is 7.76. The zero-order chi connectivity index (χ0) is 17.8. The molecule has 1 aromatic carbocycles. The molecular weight excluding hydrogens is 352 g/mol. The molecule has 0 atom stereocenters. The predicted molar refractivity (Wildman–Crippen MR) is 98.6 cm³/mol. The zero-order valence-electron chi connectivity index (χ0n) is 14.1. The summed E-state index contributed by atoms with van der Waals surface area (Å²) in [7, 11) is 0. The first-order chi connectivity index (χ1) is 12.8. The van der Waals surface area contributed by atoms with Crippen LogP contribution in [0.25, 0.3) is 11.0 Å². The number of hydrogen-bond acceptors (Lipinski definition) is 7. The zero-order valence-corrected chi connectivity index (χ0v) is 14.9. The van der Waals surface area contributed by atoms with Crippen molar-refractivity contribution in [3.05, 3.63) is 42.1 Å². The van der Waals surface area contributed by atoms with Crippen molar-refractivity contribution in [2.24, 2.45) is 5.92 Å². The summed E-state index contributed by atoms with van der Waals surface area (Å²) < 4.78 is 19.5. The molecule has 26 heavy (non-hydrogen) atoms. The first kappa shape index (κ1) is 16.9. The Morgan fingerprint density at radius 1 is 1.27 bits per heavy atom. The van der Waals surface area contributed by atoms with E-state index < -0.39 is 0 Å². The van der Waals surface area contributed by atoms with Gasteiger partial charge in [-0.1, -0.05) is 6.07 Å². The van der Waals surface area contributed by atoms with Gasteiger partial charge in [0.15, 0.2) is 0 Å². The maximum atomic E-state index is 12.6. The number of rotatable bonds is 5. The third-order valence-corrected chi connectivity index (χ3v) is 4.88. The van der Waals surface area contributed by atoms with Crippen LogP contribution < -0.4 is 10.1 Å². The SMILES string of the molecule is O=C(Nc1cccc2nsnc12)c1ccnc(OCC2CCOCC2)c1. The molecule has 0 spiro atoms. The highest BCUT2D eigenvalue weighted by Gasteiger charge is 2.16. The molecule has 1 saturated heterocycles. The highest BCUT2D eigenvalue weighted by Crippen LogP contribution is 2.22. The summed E-state index contributed by atoms with van der Waals surface area (Å²) in [5.74, 6) is 0.694. The lowest BCUT2D eigenvalue weighted by Crippen LogP contribution is -2.21. The van der Waals surface area contributed by atoms with Crippen molar-refractivity contribution < 1.29 is 14.3 Å². The third-order valence-electron chi connectivity index (χ3n) is 4.34. The lowest BCUT2D eigenvalue weighted by molar-refractivity contribution is 0.0490. The Morgan fingerprint density at radius 2 is 2.15 bits per heavy atom. The molecule has 3 aromatic rings. The molecule has 8 heteroatoms. The van der Waals surface area contributed by atoms with Crippen LogP contribution in [0.15, 0.2) is 36.5 Å². The van der Waals surface area contributed by atoms with Crippen molar-refractivity contribution in [3.63, 3.8) is 0 Å². The van der Waals surface area contributed by atoms with Crippen LogP contribution >= 0.6 is 11.7 Å². The number of pyridine rings is 1. The van der Waals surface area contributed by atoms with Crippen molar-refractivity contribution in [1.29, 1.82) is 0 Å². The van der Waals surface area contributed by atoms with Gasteiger partial charge < -0.3 is 14.8 Å².